The SMILES string of the molecule is Cc1cc(C)c(C)c(Oc2cc(C)c(F)cc2N)c1. The van der Waals surface area contributed by atoms with Crippen molar-refractivity contribution in [1.82, 2.24) is 0 Å². The Labute approximate surface area is 113 Å². The fourth-order valence-electron chi connectivity index (χ4n) is 1.98. The van der Waals surface area contributed by atoms with Gasteiger partial charge >= 0.3 is 0 Å². The van der Waals surface area contributed by atoms with Crippen LogP contribution in [0.25, 0.3) is 0 Å². The van der Waals surface area contributed by atoms with Crippen LogP contribution in [0.15, 0.2) is 24.3 Å². The van der Waals surface area contributed by atoms with E-state index in [1.807, 2.05) is 26.8 Å². The molecule has 0 aliphatic heterocycles. The van der Waals surface area contributed by atoms with Crippen molar-refractivity contribution >= 4 is 5.69 Å². The van der Waals surface area contributed by atoms with Gasteiger partial charge in [-0.3, -0.25) is 0 Å². The first-order chi connectivity index (χ1) is 8.88. The third kappa shape index (κ3) is 2.70. The average Bonchev–Trinajstić information content (AvgIpc) is 2.32. The standard InChI is InChI=1S/C16H18FNO/c1-9-5-10(2)12(4)15(6-9)19-16-7-11(3)13(17)8-14(16)18/h5-8H,18H2,1-4H3. The van der Waals surface area contributed by atoms with Gasteiger partial charge in [0.1, 0.15) is 11.6 Å². The van der Waals surface area contributed by atoms with Crippen molar-refractivity contribution < 1.29 is 9.13 Å². The number of rotatable bonds is 2. The van der Waals surface area contributed by atoms with Gasteiger partial charge in [0, 0.05) is 6.07 Å². The molecule has 0 unspecified atom stereocenters. The Bertz CT molecular complexity index is 635. The first-order valence-electron chi connectivity index (χ1n) is 6.20. The van der Waals surface area contributed by atoms with E-state index in [1.54, 1.807) is 13.0 Å². The molecule has 2 N–H and O–H groups in total. The van der Waals surface area contributed by atoms with E-state index in [0.29, 0.717) is 17.0 Å². The number of hydrogen-bond donors (Lipinski definition) is 1. The summed E-state index contributed by atoms with van der Waals surface area (Å²) in [6.07, 6.45) is 0. The molecule has 0 amide bonds. The Morgan fingerprint density at radius 3 is 2.26 bits per heavy atom. The topological polar surface area (TPSA) is 35.2 Å². The van der Waals surface area contributed by atoms with Crippen LogP contribution >= 0.6 is 0 Å². The van der Waals surface area contributed by atoms with E-state index in [2.05, 4.69) is 6.07 Å². The van der Waals surface area contributed by atoms with Crippen molar-refractivity contribution in [2.24, 2.45) is 0 Å². The maximum absolute atomic E-state index is 13.4. The minimum atomic E-state index is -0.318. The molecule has 0 atom stereocenters. The van der Waals surface area contributed by atoms with Crippen LogP contribution in [-0.4, -0.2) is 0 Å². The number of ether oxygens (including phenoxy) is 1. The van der Waals surface area contributed by atoms with Gasteiger partial charge in [-0.15, -0.1) is 0 Å². The predicted octanol–water partition coefficient (Wildman–Crippen LogP) is 4.43. The van der Waals surface area contributed by atoms with E-state index in [-0.39, 0.29) is 5.82 Å². The molecule has 0 saturated carbocycles. The van der Waals surface area contributed by atoms with Crippen LogP contribution in [0, 0.1) is 33.5 Å². The zero-order valence-corrected chi connectivity index (χ0v) is 11.7. The first-order valence-corrected chi connectivity index (χ1v) is 6.20. The lowest BCUT2D eigenvalue weighted by atomic mass is 10.1. The molecule has 0 heterocycles. The highest BCUT2D eigenvalue weighted by atomic mass is 19.1. The minimum absolute atomic E-state index is 0.307. The largest absolute Gasteiger partial charge is 0.455 e. The van der Waals surface area contributed by atoms with Crippen molar-refractivity contribution in [2.75, 3.05) is 5.73 Å². The van der Waals surface area contributed by atoms with Gasteiger partial charge in [0.2, 0.25) is 0 Å². The number of nitrogens with two attached hydrogens (primary N) is 1. The predicted molar refractivity (Wildman–Crippen MR) is 76.3 cm³/mol. The number of benzene rings is 2. The van der Waals surface area contributed by atoms with Crippen LogP contribution in [0.4, 0.5) is 10.1 Å². The van der Waals surface area contributed by atoms with Gasteiger partial charge in [0.25, 0.3) is 0 Å². The average molecular weight is 259 g/mol. The second kappa shape index (κ2) is 4.92. The van der Waals surface area contributed by atoms with Crippen molar-refractivity contribution in [3.8, 4) is 11.5 Å². The highest BCUT2D eigenvalue weighted by molar-refractivity contribution is 5.57. The molecular formula is C16H18FNO. The zero-order valence-electron chi connectivity index (χ0n) is 11.7. The Kier molecular flexibility index (Phi) is 3.47. The molecule has 2 nitrogen and oxygen atoms in total. The Morgan fingerprint density at radius 2 is 1.58 bits per heavy atom. The maximum Gasteiger partial charge on any atom is 0.150 e. The summed E-state index contributed by atoms with van der Waals surface area (Å²) in [5, 5.41) is 0. The van der Waals surface area contributed by atoms with Crippen LogP contribution in [-0.2, 0) is 0 Å². The maximum atomic E-state index is 13.4. The lowest BCUT2D eigenvalue weighted by Crippen LogP contribution is -1.97. The molecule has 0 radical (unpaired) electrons. The van der Waals surface area contributed by atoms with Crippen LogP contribution in [0.1, 0.15) is 22.3 Å². The van der Waals surface area contributed by atoms with Gasteiger partial charge in [0.15, 0.2) is 5.75 Å². The van der Waals surface area contributed by atoms with Crippen LogP contribution in [0.2, 0.25) is 0 Å². The molecule has 3 heteroatoms. The van der Waals surface area contributed by atoms with Gasteiger partial charge in [-0.2, -0.15) is 0 Å². The molecule has 0 aliphatic rings. The lowest BCUT2D eigenvalue weighted by molar-refractivity contribution is 0.477. The van der Waals surface area contributed by atoms with E-state index < -0.39 is 0 Å². The highest BCUT2D eigenvalue weighted by Crippen LogP contribution is 2.33. The summed E-state index contributed by atoms with van der Waals surface area (Å²) in [6.45, 7) is 7.74. The van der Waals surface area contributed by atoms with E-state index in [1.165, 1.54) is 6.07 Å². The summed E-state index contributed by atoms with van der Waals surface area (Å²) in [5.41, 5.74) is 9.97. The molecule has 2 aromatic rings. The fourth-order valence-corrected chi connectivity index (χ4v) is 1.98. The molecule has 0 fully saturated rings. The van der Waals surface area contributed by atoms with Gasteiger partial charge in [-0.1, -0.05) is 6.07 Å². The van der Waals surface area contributed by atoms with E-state index in [0.717, 1.165) is 22.4 Å². The van der Waals surface area contributed by atoms with Crippen LogP contribution in [0.5, 0.6) is 11.5 Å². The molecule has 100 valence electrons. The smallest absolute Gasteiger partial charge is 0.150 e. The fraction of sp³-hybridized carbons (Fsp3) is 0.250. The number of nitrogen functional groups attached to an aromatic ring is 1. The second-order valence-corrected chi connectivity index (χ2v) is 4.95. The molecule has 0 bridgehead atoms. The zero-order chi connectivity index (χ0) is 14.2. The van der Waals surface area contributed by atoms with Crippen molar-refractivity contribution in [1.29, 1.82) is 0 Å². The Balaban J connectivity index is 2.44. The number of anilines is 1. The molecule has 19 heavy (non-hydrogen) atoms. The van der Waals surface area contributed by atoms with E-state index in [9.17, 15) is 4.39 Å². The first kappa shape index (κ1) is 13.4. The summed E-state index contributed by atoms with van der Waals surface area (Å²) in [7, 11) is 0. The minimum Gasteiger partial charge on any atom is -0.455 e. The van der Waals surface area contributed by atoms with Gasteiger partial charge in [-0.05, 0) is 62.1 Å². The molecule has 2 rings (SSSR count). The summed E-state index contributed by atoms with van der Waals surface area (Å²) in [5.74, 6) is 0.934. The molecule has 0 aliphatic carbocycles. The van der Waals surface area contributed by atoms with Crippen molar-refractivity contribution in [3.63, 3.8) is 0 Å². The van der Waals surface area contributed by atoms with Gasteiger partial charge < -0.3 is 10.5 Å². The monoisotopic (exact) mass is 259 g/mol. The van der Waals surface area contributed by atoms with E-state index >= 15 is 0 Å². The van der Waals surface area contributed by atoms with Crippen LogP contribution < -0.4 is 10.5 Å². The normalized spacial score (nSPS) is 10.6. The number of halogens is 1. The summed E-state index contributed by atoms with van der Waals surface area (Å²) < 4.78 is 19.2. The molecule has 0 spiro atoms. The third-order valence-corrected chi connectivity index (χ3v) is 3.28. The van der Waals surface area contributed by atoms with E-state index in [4.69, 9.17) is 10.5 Å². The van der Waals surface area contributed by atoms with Crippen molar-refractivity contribution in [3.05, 3.63) is 52.3 Å². The summed E-state index contributed by atoms with van der Waals surface area (Å²) >= 11 is 0. The lowest BCUT2D eigenvalue weighted by Gasteiger charge is -2.14. The quantitative estimate of drug-likeness (QED) is 0.809. The number of aryl methyl sites for hydroxylation is 3. The highest BCUT2D eigenvalue weighted by Gasteiger charge is 2.10. The summed E-state index contributed by atoms with van der Waals surface area (Å²) in [6, 6.07) is 6.98. The molecule has 0 aromatic heterocycles. The van der Waals surface area contributed by atoms with Gasteiger partial charge in [-0.25, -0.2) is 4.39 Å². The van der Waals surface area contributed by atoms with Crippen molar-refractivity contribution in [2.45, 2.75) is 27.7 Å². The Hall–Kier alpha value is -2.03. The molecule has 2 aromatic carbocycles. The third-order valence-electron chi connectivity index (χ3n) is 3.28. The number of hydrogen-bond acceptors (Lipinski definition) is 2. The molecular weight excluding hydrogens is 241 g/mol. The Morgan fingerprint density at radius 1 is 0.895 bits per heavy atom. The second-order valence-electron chi connectivity index (χ2n) is 4.95. The van der Waals surface area contributed by atoms with Gasteiger partial charge in [0.05, 0.1) is 5.69 Å². The molecule has 0 saturated heterocycles. The summed E-state index contributed by atoms with van der Waals surface area (Å²) in [4.78, 5) is 0. The van der Waals surface area contributed by atoms with Crippen LogP contribution in [0.3, 0.4) is 0 Å².